The lowest BCUT2D eigenvalue weighted by molar-refractivity contribution is -0.132. The molecule has 0 aliphatic heterocycles. The van der Waals surface area contributed by atoms with Crippen molar-refractivity contribution in [2.24, 2.45) is 5.41 Å². The predicted molar refractivity (Wildman–Crippen MR) is 74.3 cm³/mol. The van der Waals surface area contributed by atoms with Gasteiger partial charge in [-0.3, -0.25) is 4.79 Å². The lowest BCUT2D eigenvalue weighted by Gasteiger charge is -2.33. The topological polar surface area (TPSA) is 29.1 Å². The largest absolute Gasteiger partial charge is 0.352 e. The fraction of sp³-hybridized carbons (Fsp3) is 0.929. The quantitative estimate of drug-likeness (QED) is 0.790. The Labute approximate surface area is 113 Å². The van der Waals surface area contributed by atoms with E-state index in [4.69, 9.17) is 0 Å². The molecule has 0 aromatic carbocycles. The van der Waals surface area contributed by atoms with Crippen molar-refractivity contribution in [2.75, 3.05) is 0 Å². The first-order valence-electron chi connectivity index (χ1n) is 7.13. The average molecular weight is 302 g/mol. The van der Waals surface area contributed by atoms with E-state index in [1.54, 1.807) is 0 Å². The van der Waals surface area contributed by atoms with Crippen molar-refractivity contribution in [2.45, 2.75) is 75.6 Å². The number of carbonyl (C=O) groups excluding carboxylic acids is 1. The molecule has 0 heterocycles. The van der Waals surface area contributed by atoms with E-state index in [-0.39, 0.29) is 5.41 Å². The lowest BCUT2D eigenvalue weighted by atomic mass is 9.81. The monoisotopic (exact) mass is 301 g/mol. The van der Waals surface area contributed by atoms with E-state index in [2.05, 4.69) is 28.2 Å². The van der Waals surface area contributed by atoms with Crippen molar-refractivity contribution < 1.29 is 4.79 Å². The van der Waals surface area contributed by atoms with E-state index in [1.165, 1.54) is 32.1 Å². The molecule has 2 fully saturated rings. The molecular weight excluding hydrogens is 278 g/mol. The van der Waals surface area contributed by atoms with Crippen LogP contribution in [0.3, 0.4) is 0 Å². The molecule has 3 heteroatoms. The van der Waals surface area contributed by atoms with Gasteiger partial charge in [-0.2, -0.15) is 0 Å². The van der Waals surface area contributed by atoms with Crippen LogP contribution >= 0.6 is 15.9 Å². The summed E-state index contributed by atoms with van der Waals surface area (Å²) in [6.07, 6.45) is 10.5. The number of halogens is 1. The van der Waals surface area contributed by atoms with Crippen molar-refractivity contribution in [3.63, 3.8) is 0 Å². The van der Waals surface area contributed by atoms with Gasteiger partial charge in [0.1, 0.15) is 0 Å². The third kappa shape index (κ3) is 2.86. The van der Waals surface area contributed by atoms with Crippen molar-refractivity contribution in [1.82, 2.24) is 5.32 Å². The van der Waals surface area contributed by atoms with Crippen molar-refractivity contribution >= 4 is 21.8 Å². The Morgan fingerprint density at radius 1 is 1.24 bits per heavy atom. The number of hydrogen-bond acceptors (Lipinski definition) is 1. The zero-order chi connectivity index (χ0) is 12.3. The molecule has 1 amide bonds. The maximum absolute atomic E-state index is 12.5. The van der Waals surface area contributed by atoms with E-state index in [0.29, 0.717) is 16.8 Å². The number of rotatable bonds is 3. The number of nitrogens with one attached hydrogen (secondary N) is 1. The van der Waals surface area contributed by atoms with Crippen LogP contribution < -0.4 is 5.32 Å². The van der Waals surface area contributed by atoms with Crippen molar-refractivity contribution in [1.29, 1.82) is 0 Å². The SMILES string of the molecule is CCC1(C(=O)NC2CCCCC2Br)CCCC1. The molecular formula is C14H24BrNO. The van der Waals surface area contributed by atoms with Crippen LogP contribution in [0, 0.1) is 5.41 Å². The van der Waals surface area contributed by atoms with Gasteiger partial charge in [0, 0.05) is 16.3 Å². The van der Waals surface area contributed by atoms with Crippen molar-refractivity contribution in [3.05, 3.63) is 0 Å². The molecule has 2 saturated carbocycles. The Hall–Kier alpha value is -0.0500. The van der Waals surface area contributed by atoms with Gasteiger partial charge in [0.2, 0.25) is 5.91 Å². The minimum absolute atomic E-state index is 0.0375. The molecule has 2 nitrogen and oxygen atoms in total. The Balaban J connectivity index is 1.95. The molecule has 1 N–H and O–H groups in total. The summed E-state index contributed by atoms with van der Waals surface area (Å²) in [5.74, 6) is 0.328. The van der Waals surface area contributed by atoms with Crippen LogP contribution in [0.4, 0.5) is 0 Å². The Bertz CT molecular complexity index is 273. The molecule has 0 bridgehead atoms. The highest BCUT2D eigenvalue weighted by Crippen LogP contribution is 2.41. The molecule has 0 radical (unpaired) electrons. The van der Waals surface area contributed by atoms with Crippen LogP contribution in [0.25, 0.3) is 0 Å². The summed E-state index contributed by atoms with van der Waals surface area (Å²) in [5.41, 5.74) is -0.0375. The van der Waals surface area contributed by atoms with Crippen LogP contribution in [0.1, 0.15) is 64.7 Å². The first kappa shape index (κ1) is 13.4. The first-order chi connectivity index (χ1) is 8.18. The third-order valence-electron chi connectivity index (χ3n) is 4.72. The highest BCUT2D eigenvalue weighted by atomic mass is 79.9. The summed E-state index contributed by atoms with van der Waals surface area (Å²) < 4.78 is 0. The molecule has 98 valence electrons. The van der Waals surface area contributed by atoms with Gasteiger partial charge in [-0.05, 0) is 32.1 Å². The van der Waals surface area contributed by atoms with Gasteiger partial charge in [0.15, 0.2) is 0 Å². The van der Waals surface area contributed by atoms with Crippen LogP contribution in [0.2, 0.25) is 0 Å². The summed E-state index contributed by atoms with van der Waals surface area (Å²) in [5, 5.41) is 3.32. The third-order valence-corrected chi connectivity index (χ3v) is 5.81. The van der Waals surface area contributed by atoms with E-state index < -0.39 is 0 Å². The standard InChI is InChI=1S/C14H24BrNO/c1-2-14(9-5-6-10-14)13(17)16-12-8-4-3-7-11(12)15/h11-12H,2-10H2,1H3,(H,16,17). The minimum atomic E-state index is -0.0375. The molecule has 0 aromatic rings. The lowest BCUT2D eigenvalue weighted by Crippen LogP contribution is -2.48. The minimum Gasteiger partial charge on any atom is -0.352 e. The maximum atomic E-state index is 12.5. The van der Waals surface area contributed by atoms with E-state index in [0.717, 1.165) is 25.7 Å². The summed E-state index contributed by atoms with van der Waals surface area (Å²) in [6, 6.07) is 0.361. The predicted octanol–water partition coefficient (Wildman–Crippen LogP) is 3.78. The van der Waals surface area contributed by atoms with Gasteiger partial charge in [0.25, 0.3) is 0 Å². The second kappa shape index (κ2) is 5.73. The van der Waals surface area contributed by atoms with E-state index >= 15 is 0 Å². The van der Waals surface area contributed by atoms with Gasteiger partial charge in [0.05, 0.1) is 0 Å². The van der Waals surface area contributed by atoms with Crippen molar-refractivity contribution in [3.8, 4) is 0 Å². The molecule has 0 aromatic heterocycles. The number of alkyl halides is 1. The summed E-state index contributed by atoms with van der Waals surface area (Å²) in [6.45, 7) is 2.16. The molecule has 2 rings (SSSR count). The molecule has 0 saturated heterocycles. The fourth-order valence-corrected chi connectivity index (χ4v) is 4.08. The van der Waals surface area contributed by atoms with Crippen LogP contribution in [-0.4, -0.2) is 16.8 Å². The highest BCUT2D eigenvalue weighted by molar-refractivity contribution is 9.09. The molecule has 2 unspecified atom stereocenters. The molecule has 17 heavy (non-hydrogen) atoms. The van der Waals surface area contributed by atoms with Gasteiger partial charge >= 0.3 is 0 Å². The molecule has 2 aliphatic carbocycles. The smallest absolute Gasteiger partial charge is 0.226 e. The van der Waals surface area contributed by atoms with Crippen LogP contribution in [-0.2, 0) is 4.79 Å². The Kier molecular flexibility index (Phi) is 4.51. The van der Waals surface area contributed by atoms with Crippen LogP contribution in [0.15, 0.2) is 0 Å². The van der Waals surface area contributed by atoms with E-state index in [9.17, 15) is 4.79 Å². The molecule has 2 aliphatic rings. The molecule has 2 atom stereocenters. The number of amides is 1. The van der Waals surface area contributed by atoms with Gasteiger partial charge in [-0.15, -0.1) is 0 Å². The summed E-state index contributed by atoms with van der Waals surface area (Å²) in [4.78, 5) is 13.0. The van der Waals surface area contributed by atoms with Gasteiger partial charge < -0.3 is 5.32 Å². The normalized spacial score (nSPS) is 32.4. The average Bonchev–Trinajstić information content (AvgIpc) is 2.82. The zero-order valence-electron chi connectivity index (χ0n) is 10.8. The van der Waals surface area contributed by atoms with Gasteiger partial charge in [-0.25, -0.2) is 0 Å². The van der Waals surface area contributed by atoms with Crippen LogP contribution in [0.5, 0.6) is 0 Å². The zero-order valence-corrected chi connectivity index (χ0v) is 12.4. The summed E-state index contributed by atoms with van der Waals surface area (Å²) in [7, 11) is 0. The second-order valence-corrected chi connectivity index (χ2v) is 6.90. The van der Waals surface area contributed by atoms with Gasteiger partial charge in [-0.1, -0.05) is 48.5 Å². The molecule has 0 spiro atoms. The fourth-order valence-electron chi connectivity index (χ4n) is 3.36. The van der Waals surface area contributed by atoms with E-state index in [1.807, 2.05) is 0 Å². The number of carbonyl (C=O) groups is 1. The number of hydrogen-bond donors (Lipinski definition) is 1. The Morgan fingerprint density at radius 3 is 2.47 bits per heavy atom. The Morgan fingerprint density at radius 2 is 1.88 bits per heavy atom. The summed E-state index contributed by atoms with van der Waals surface area (Å²) >= 11 is 3.72. The maximum Gasteiger partial charge on any atom is 0.226 e. The second-order valence-electron chi connectivity index (χ2n) is 5.72. The highest BCUT2D eigenvalue weighted by Gasteiger charge is 2.40. The first-order valence-corrected chi connectivity index (χ1v) is 8.04.